The van der Waals surface area contributed by atoms with E-state index in [1.807, 2.05) is 27.7 Å². The lowest BCUT2D eigenvalue weighted by molar-refractivity contribution is 0.0777. The molecular weight excluding hydrogens is 340 g/mol. The summed E-state index contributed by atoms with van der Waals surface area (Å²) in [6.07, 6.45) is 1.49. The molecule has 0 aliphatic rings. The van der Waals surface area contributed by atoms with Crippen molar-refractivity contribution in [1.29, 1.82) is 0 Å². The van der Waals surface area contributed by atoms with Crippen molar-refractivity contribution in [1.82, 2.24) is 19.6 Å². The second-order valence-corrected chi connectivity index (χ2v) is 6.83. The van der Waals surface area contributed by atoms with Crippen molar-refractivity contribution in [2.45, 2.75) is 34.2 Å². The highest BCUT2D eigenvalue weighted by Crippen LogP contribution is 2.28. The average molecular weight is 360 g/mol. The Labute approximate surface area is 148 Å². The first kappa shape index (κ1) is 17.3. The number of fused-ring (bicyclic) bond motifs is 1. The van der Waals surface area contributed by atoms with E-state index in [9.17, 15) is 9.59 Å². The number of aromatic nitrogens is 3. The van der Waals surface area contributed by atoms with Crippen molar-refractivity contribution in [3.05, 3.63) is 44.6 Å². The zero-order chi connectivity index (χ0) is 18.1. The number of hydrogen-bond donors (Lipinski definition) is 0. The Morgan fingerprint density at radius 2 is 2.04 bits per heavy atom. The number of carbonyl (C=O) groups is 1. The fraction of sp³-hybridized carbons (Fsp3) is 0.412. The molecule has 0 N–H and O–H groups in total. The van der Waals surface area contributed by atoms with Crippen molar-refractivity contribution < 1.29 is 9.32 Å². The predicted octanol–water partition coefficient (Wildman–Crippen LogP) is 2.59. The van der Waals surface area contributed by atoms with Gasteiger partial charge in [-0.2, -0.15) is 0 Å². The van der Waals surface area contributed by atoms with Gasteiger partial charge in [0.15, 0.2) is 5.76 Å². The van der Waals surface area contributed by atoms with Gasteiger partial charge in [-0.1, -0.05) is 5.16 Å². The van der Waals surface area contributed by atoms with E-state index >= 15 is 0 Å². The van der Waals surface area contributed by atoms with Crippen LogP contribution in [0.3, 0.4) is 0 Å². The molecule has 0 saturated heterocycles. The maximum Gasteiger partial charge on any atom is 0.264 e. The zero-order valence-corrected chi connectivity index (χ0v) is 15.5. The number of nitrogens with zero attached hydrogens (tertiary/aromatic N) is 4. The highest BCUT2D eigenvalue weighted by Gasteiger charge is 2.22. The Hall–Kier alpha value is -2.48. The van der Waals surface area contributed by atoms with Gasteiger partial charge in [0.25, 0.3) is 11.5 Å². The Morgan fingerprint density at radius 1 is 1.32 bits per heavy atom. The average Bonchev–Trinajstić information content (AvgIpc) is 3.15. The summed E-state index contributed by atoms with van der Waals surface area (Å²) < 4.78 is 6.65. The Bertz CT molecular complexity index is 982. The molecule has 0 aliphatic carbocycles. The van der Waals surface area contributed by atoms with Crippen LogP contribution in [0.5, 0.6) is 0 Å². The molecule has 0 unspecified atom stereocenters. The number of thiophene rings is 1. The third-order valence-corrected chi connectivity index (χ3v) is 5.35. The van der Waals surface area contributed by atoms with Crippen molar-refractivity contribution in [3.63, 3.8) is 0 Å². The van der Waals surface area contributed by atoms with Crippen molar-refractivity contribution in [2.75, 3.05) is 13.1 Å². The normalized spacial score (nSPS) is 11.2. The van der Waals surface area contributed by atoms with Gasteiger partial charge in [0.2, 0.25) is 0 Å². The Balaban J connectivity index is 2.05. The van der Waals surface area contributed by atoms with Crippen LogP contribution in [0.4, 0.5) is 0 Å². The Kier molecular flexibility index (Phi) is 4.71. The molecule has 0 spiro atoms. The van der Waals surface area contributed by atoms with Gasteiger partial charge in [-0.3, -0.25) is 14.2 Å². The molecular formula is C17H20N4O3S. The first-order valence-electron chi connectivity index (χ1n) is 8.16. The summed E-state index contributed by atoms with van der Waals surface area (Å²) in [7, 11) is 0. The molecule has 8 heteroatoms. The van der Waals surface area contributed by atoms with Gasteiger partial charge >= 0.3 is 0 Å². The molecule has 25 heavy (non-hydrogen) atoms. The van der Waals surface area contributed by atoms with E-state index in [0.29, 0.717) is 39.5 Å². The lowest BCUT2D eigenvalue weighted by atomic mass is 10.2. The maximum atomic E-state index is 12.8. The lowest BCUT2D eigenvalue weighted by Crippen LogP contribution is -2.30. The van der Waals surface area contributed by atoms with Crippen LogP contribution in [-0.2, 0) is 6.54 Å². The maximum absolute atomic E-state index is 12.8. The number of hydrogen-bond acceptors (Lipinski definition) is 6. The van der Waals surface area contributed by atoms with Gasteiger partial charge in [0, 0.05) is 19.2 Å². The van der Waals surface area contributed by atoms with Crippen LogP contribution in [-0.4, -0.2) is 38.6 Å². The number of amides is 1. The van der Waals surface area contributed by atoms with E-state index < -0.39 is 0 Å². The van der Waals surface area contributed by atoms with E-state index in [2.05, 4.69) is 10.1 Å². The van der Waals surface area contributed by atoms with Crippen LogP contribution >= 0.6 is 11.3 Å². The fourth-order valence-electron chi connectivity index (χ4n) is 2.79. The summed E-state index contributed by atoms with van der Waals surface area (Å²) in [5, 5.41) is 4.33. The number of aryl methyl sites for hydroxylation is 2. The third kappa shape index (κ3) is 3.09. The first-order chi connectivity index (χ1) is 12.0. The van der Waals surface area contributed by atoms with Gasteiger partial charge in [0.1, 0.15) is 4.83 Å². The van der Waals surface area contributed by atoms with Crippen LogP contribution < -0.4 is 5.56 Å². The molecule has 0 bridgehead atoms. The molecule has 132 valence electrons. The molecule has 0 saturated carbocycles. The standard InChI is InChI=1S/C17H20N4O3S/c1-5-20(6-2)17(23)14-11(4)13-15(25-14)18-9-21(16(13)22)8-12-7-10(3)19-24-12/h7,9H,5-6,8H2,1-4H3. The SMILES string of the molecule is CCN(CC)C(=O)c1sc2ncn(Cc3cc(C)no3)c(=O)c2c1C. The van der Waals surface area contributed by atoms with Gasteiger partial charge in [-0.05, 0) is 33.3 Å². The number of carbonyl (C=O) groups excluding carboxylic acids is 1. The Morgan fingerprint density at radius 3 is 2.64 bits per heavy atom. The van der Waals surface area contributed by atoms with Crippen LogP contribution in [0.25, 0.3) is 10.2 Å². The molecule has 7 nitrogen and oxygen atoms in total. The minimum absolute atomic E-state index is 0.0534. The number of rotatable bonds is 5. The topological polar surface area (TPSA) is 81.2 Å². The molecule has 3 aromatic heterocycles. The van der Waals surface area contributed by atoms with Gasteiger partial charge in [-0.15, -0.1) is 11.3 Å². The van der Waals surface area contributed by atoms with Crippen molar-refractivity contribution >= 4 is 27.5 Å². The largest absolute Gasteiger partial charge is 0.359 e. The predicted molar refractivity (Wildman–Crippen MR) is 96.2 cm³/mol. The zero-order valence-electron chi connectivity index (χ0n) is 14.7. The summed E-state index contributed by atoms with van der Waals surface area (Å²) in [4.78, 5) is 32.8. The van der Waals surface area contributed by atoms with E-state index in [0.717, 1.165) is 5.69 Å². The van der Waals surface area contributed by atoms with Crippen molar-refractivity contribution in [2.24, 2.45) is 0 Å². The van der Waals surface area contributed by atoms with Crippen molar-refractivity contribution in [3.8, 4) is 0 Å². The van der Waals surface area contributed by atoms with Gasteiger partial charge < -0.3 is 9.42 Å². The van der Waals surface area contributed by atoms with Gasteiger partial charge in [-0.25, -0.2) is 4.98 Å². The summed E-state index contributed by atoms with van der Waals surface area (Å²) in [6.45, 7) is 9.03. The molecule has 3 rings (SSSR count). The first-order valence-corrected chi connectivity index (χ1v) is 8.97. The second kappa shape index (κ2) is 6.79. The fourth-order valence-corrected chi connectivity index (χ4v) is 3.90. The molecule has 3 aromatic rings. The second-order valence-electron chi connectivity index (χ2n) is 5.83. The highest BCUT2D eigenvalue weighted by atomic mass is 32.1. The van der Waals surface area contributed by atoms with Crippen LogP contribution in [0.2, 0.25) is 0 Å². The van der Waals surface area contributed by atoms with E-state index in [-0.39, 0.29) is 18.0 Å². The van der Waals surface area contributed by atoms with Crippen LogP contribution in [0.1, 0.15) is 40.5 Å². The minimum atomic E-state index is -0.175. The summed E-state index contributed by atoms with van der Waals surface area (Å²) >= 11 is 1.27. The van der Waals surface area contributed by atoms with E-state index in [1.54, 1.807) is 11.0 Å². The molecule has 0 atom stereocenters. The molecule has 0 fully saturated rings. The quantitative estimate of drug-likeness (QED) is 0.698. The summed E-state index contributed by atoms with van der Waals surface area (Å²) in [6, 6.07) is 1.78. The lowest BCUT2D eigenvalue weighted by Gasteiger charge is -2.17. The monoisotopic (exact) mass is 360 g/mol. The molecule has 1 amide bonds. The molecule has 0 aliphatic heterocycles. The minimum Gasteiger partial charge on any atom is -0.359 e. The van der Waals surface area contributed by atoms with Gasteiger partial charge in [0.05, 0.1) is 28.8 Å². The van der Waals surface area contributed by atoms with E-state index in [4.69, 9.17) is 4.52 Å². The highest BCUT2D eigenvalue weighted by molar-refractivity contribution is 7.20. The van der Waals surface area contributed by atoms with Crippen LogP contribution in [0.15, 0.2) is 21.7 Å². The molecule has 0 radical (unpaired) electrons. The molecule has 3 heterocycles. The third-order valence-electron chi connectivity index (χ3n) is 4.17. The smallest absolute Gasteiger partial charge is 0.264 e. The summed E-state index contributed by atoms with van der Waals surface area (Å²) in [5.74, 6) is 0.537. The van der Waals surface area contributed by atoms with Crippen LogP contribution in [0, 0.1) is 13.8 Å². The van der Waals surface area contributed by atoms with E-state index in [1.165, 1.54) is 22.2 Å². The summed E-state index contributed by atoms with van der Waals surface area (Å²) in [5.41, 5.74) is 1.28. The molecule has 0 aromatic carbocycles.